The van der Waals surface area contributed by atoms with E-state index in [1.165, 1.54) is 0 Å². The van der Waals surface area contributed by atoms with Gasteiger partial charge in [0.15, 0.2) is 11.6 Å². The summed E-state index contributed by atoms with van der Waals surface area (Å²) < 4.78 is 41.1. The molecule has 0 saturated heterocycles. The standard InChI is InChI=1S/C23H27F3N2O/c1-13-8-15-12-28(20-10-18(25)17(24)9-19(20)26)7-6-16(15)14(2)22(13)27-21(29)11-23(3,4)5/h8-10H,6-7,11-12H2,1-5H3,(H,27,29). The van der Waals surface area contributed by atoms with Gasteiger partial charge in [-0.15, -0.1) is 0 Å². The van der Waals surface area contributed by atoms with Crippen molar-refractivity contribution in [2.45, 2.75) is 54.0 Å². The van der Waals surface area contributed by atoms with Crippen molar-refractivity contribution in [1.82, 2.24) is 0 Å². The summed E-state index contributed by atoms with van der Waals surface area (Å²) in [4.78, 5) is 14.1. The van der Waals surface area contributed by atoms with Gasteiger partial charge in [-0.3, -0.25) is 4.79 Å². The maximum Gasteiger partial charge on any atom is 0.224 e. The van der Waals surface area contributed by atoms with E-state index in [2.05, 4.69) is 5.32 Å². The molecule has 1 heterocycles. The average molecular weight is 404 g/mol. The van der Waals surface area contributed by atoms with Crippen LogP contribution >= 0.6 is 0 Å². The zero-order chi connectivity index (χ0) is 21.5. The minimum Gasteiger partial charge on any atom is -0.364 e. The molecule has 156 valence electrons. The summed E-state index contributed by atoms with van der Waals surface area (Å²) in [6.45, 7) is 10.8. The van der Waals surface area contributed by atoms with Gasteiger partial charge in [0.05, 0.1) is 5.69 Å². The Morgan fingerprint density at radius 1 is 1.07 bits per heavy atom. The number of hydrogen-bond donors (Lipinski definition) is 1. The quantitative estimate of drug-likeness (QED) is 0.670. The third-order valence-electron chi connectivity index (χ3n) is 5.28. The highest BCUT2D eigenvalue weighted by Gasteiger charge is 2.25. The van der Waals surface area contributed by atoms with E-state index in [0.717, 1.165) is 34.0 Å². The van der Waals surface area contributed by atoms with Gasteiger partial charge in [-0.1, -0.05) is 26.8 Å². The molecule has 29 heavy (non-hydrogen) atoms. The summed E-state index contributed by atoms with van der Waals surface area (Å²) >= 11 is 0. The van der Waals surface area contributed by atoms with Crippen LogP contribution in [0.15, 0.2) is 18.2 Å². The molecule has 0 unspecified atom stereocenters. The number of fused-ring (bicyclic) bond motifs is 1. The van der Waals surface area contributed by atoms with E-state index in [4.69, 9.17) is 0 Å². The molecular weight excluding hydrogens is 377 g/mol. The molecule has 0 saturated carbocycles. The molecule has 2 aromatic carbocycles. The first-order valence-corrected chi connectivity index (χ1v) is 9.77. The highest BCUT2D eigenvalue weighted by molar-refractivity contribution is 5.93. The van der Waals surface area contributed by atoms with Gasteiger partial charge < -0.3 is 10.2 Å². The molecule has 1 aliphatic heterocycles. The first-order chi connectivity index (χ1) is 13.5. The molecule has 0 fully saturated rings. The third-order valence-corrected chi connectivity index (χ3v) is 5.28. The van der Waals surface area contributed by atoms with Crippen molar-refractivity contribution in [2.75, 3.05) is 16.8 Å². The van der Waals surface area contributed by atoms with E-state index in [1.54, 1.807) is 4.90 Å². The highest BCUT2D eigenvalue weighted by Crippen LogP contribution is 2.34. The predicted molar refractivity (Wildman–Crippen MR) is 110 cm³/mol. The third kappa shape index (κ3) is 4.57. The fourth-order valence-electron chi connectivity index (χ4n) is 3.95. The van der Waals surface area contributed by atoms with E-state index in [1.807, 2.05) is 40.7 Å². The summed E-state index contributed by atoms with van der Waals surface area (Å²) in [6.07, 6.45) is 1.05. The Labute approximate surface area is 169 Å². The highest BCUT2D eigenvalue weighted by atomic mass is 19.2. The van der Waals surface area contributed by atoms with E-state index < -0.39 is 17.5 Å². The van der Waals surface area contributed by atoms with Gasteiger partial charge in [-0.05, 0) is 47.9 Å². The average Bonchev–Trinajstić information content (AvgIpc) is 2.59. The molecular formula is C23H27F3N2O. The van der Waals surface area contributed by atoms with Crippen molar-refractivity contribution in [3.05, 3.63) is 57.9 Å². The van der Waals surface area contributed by atoms with Crippen LogP contribution in [-0.2, 0) is 17.8 Å². The van der Waals surface area contributed by atoms with Crippen LogP contribution in [0, 0.1) is 36.7 Å². The molecule has 3 nitrogen and oxygen atoms in total. The van der Waals surface area contributed by atoms with Gasteiger partial charge >= 0.3 is 0 Å². The summed E-state index contributed by atoms with van der Waals surface area (Å²) in [6, 6.07) is 3.49. The second-order valence-corrected chi connectivity index (χ2v) is 9.01. The molecule has 0 atom stereocenters. The van der Waals surface area contributed by atoms with Gasteiger partial charge in [-0.25, -0.2) is 13.2 Å². The SMILES string of the molecule is Cc1cc2c(c(C)c1NC(=O)CC(C)(C)C)CCN(c1cc(F)c(F)cc1F)C2. The number of carbonyl (C=O) groups is 1. The van der Waals surface area contributed by atoms with Crippen LogP contribution in [0.5, 0.6) is 0 Å². The van der Waals surface area contributed by atoms with Crippen molar-refractivity contribution in [1.29, 1.82) is 0 Å². The monoisotopic (exact) mass is 404 g/mol. The van der Waals surface area contributed by atoms with Crippen LogP contribution in [0.1, 0.15) is 49.4 Å². The van der Waals surface area contributed by atoms with E-state index in [9.17, 15) is 18.0 Å². The maximum atomic E-state index is 14.2. The molecule has 0 aliphatic carbocycles. The maximum absolute atomic E-state index is 14.2. The first kappa shape index (κ1) is 21.2. The van der Waals surface area contributed by atoms with Crippen LogP contribution in [-0.4, -0.2) is 12.5 Å². The van der Waals surface area contributed by atoms with E-state index >= 15 is 0 Å². The minimum atomic E-state index is -1.19. The van der Waals surface area contributed by atoms with Crippen LogP contribution in [0.4, 0.5) is 24.5 Å². The van der Waals surface area contributed by atoms with E-state index in [0.29, 0.717) is 32.0 Å². The lowest BCUT2D eigenvalue weighted by atomic mass is 9.90. The van der Waals surface area contributed by atoms with Gasteiger partial charge in [0, 0.05) is 37.3 Å². The number of aryl methyl sites for hydroxylation is 1. The fraction of sp³-hybridized carbons (Fsp3) is 0.435. The molecule has 0 radical (unpaired) electrons. The number of benzene rings is 2. The van der Waals surface area contributed by atoms with Crippen LogP contribution in [0.3, 0.4) is 0 Å². The Kier molecular flexibility index (Phi) is 5.65. The minimum absolute atomic E-state index is 0.0232. The summed E-state index contributed by atoms with van der Waals surface area (Å²) in [5, 5.41) is 3.05. The summed E-state index contributed by atoms with van der Waals surface area (Å²) in [5.74, 6) is -3.04. The van der Waals surface area contributed by atoms with Crippen molar-refractivity contribution in [2.24, 2.45) is 5.41 Å². The smallest absolute Gasteiger partial charge is 0.224 e. The molecule has 3 rings (SSSR count). The lowest BCUT2D eigenvalue weighted by Gasteiger charge is -2.33. The number of nitrogens with one attached hydrogen (secondary N) is 1. The number of hydrogen-bond acceptors (Lipinski definition) is 2. The zero-order valence-corrected chi connectivity index (χ0v) is 17.5. The molecule has 0 aromatic heterocycles. The molecule has 1 amide bonds. The Morgan fingerprint density at radius 3 is 2.38 bits per heavy atom. The van der Waals surface area contributed by atoms with Crippen molar-refractivity contribution < 1.29 is 18.0 Å². The number of halogens is 3. The Hall–Kier alpha value is -2.50. The van der Waals surface area contributed by atoms with Gasteiger partial charge in [0.2, 0.25) is 5.91 Å². The molecule has 1 N–H and O–H groups in total. The van der Waals surface area contributed by atoms with Crippen LogP contribution < -0.4 is 10.2 Å². The number of rotatable bonds is 3. The molecule has 6 heteroatoms. The predicted octanol–water partition coefficient (Wildman–Crippen LogP) is 5.66. The molecule has 2 aromatic rings. The molecule has 0 bridgehead atoms. The van der Waals surface area contributed by atoms with Crippen LogP contribution in [0.25, 0.3) is 0 Å². The van der Waals surface area contributed by atoms with Crippen LogP contribution in [0.2, 0.25) is 0 Å². The van der Waals surface area contributed by atoms with Gasteiger partial charge in [-0.2, -0.15) is 0 Å². The Balaban J connectivity index is 1.88. The second-order valence-electron chi connectivity index (χ2n) is 9.01. The molecule has 1 aliphatic rings. The number of nitrogens with zero attached hydrogens (tertiary/aromatic N) is 1. The normalized spacial score (nSPS) is 14.0. The fourth-order valence-corrected chi connectivity index (χ4v) is 3.95. The Morgan fingerprint density at radius 2 is 1.72 bits per heavy atom. The number of carbonyl (C=O) groups excluding carboxylic acids is 1. The lowest BCUT2D eigenvalue weighted by Crippen LogP contribution is -2.32. The first-order valence-electron chi connectivity index (χ1n) is 9.77. The zero-order valence-electron chi connectivity index (χ0n) is 17.5. The summed E-state index contributed by atoms with van der Waals surface area (Å²) in [5.41, 5.74) is 4.83. The number of anilines is 2. The number of amides is 1. The molecule has 0 spiro atoms. The van der Waals surface area contributed by atoms with Crippen molar-refractivity contribution >= 4 is 17.3 Å². The van der Waals surface area contributed by atoms with Gasteiger partial charge in [0.1, 0.15) is 5.82 Å². The van der Waals surface area contributed by atoms with E-state index in [-0.39, 0.29) is 17.0 Å². The van der Waals surface area contributed by atoms with Gasteiger partial charge in [0.25, 0.3) is 0 Å². The largest absolute Gasteiger partial charge is 0.364 e. The summed E-state index contributed by atoms with van der Waals surface area (Å²) in [7, 11) is 0. The van der Waals surface area contributed by atoms with Crippen molar-refractivity contribution in [3.8, 4) is 0 Å². The topological polar surface area (TPSA) is 32.3 Å². The van der Waals surface area contributed by atoms with Crippen molar-refractivity contribution in [3.63, 3.8) is 0 Å². The second kappa shape index (κ2) is 7.73. The Bertz CT molecular complexity index is 964. The lowest BCUT2D eigenvalue weighted by molar-refractivity contribution is -0.117.